The number of rotatable bonds is 5. The number of hydrogen-bond donors (Lipinski definition) is 1. The summed E-state index contributed by atoms with van der Waals surface area (Å²) in [4.78, 5) is 21.6. The molecule has 1 aliphatic heterocycles. The predicted molar refractivity (Wildman–Crippen MR) is 80.0 cm³/mol. The van der Waals surface area contributed by atoms with Gasteiger partial charge < -0.3 is 23.9 Å². The van der Waals surface area contributed by atoms with Crippen LogP contribution in [0.5, 0.6) is 5.88 Å². The van der Waals surface area contributed by atoms with Crippen molar-refractivity contribution in [1.82, 2.24) is 20.0 Å². The molecule has 1 N–H and O–H groups in total. The number of nitrogens with zero attached hydrogens (tertiary/aromatic N) is 3. The number of aromatic amines is 1. The summed E-state index contributed by atoms with van der Waals surface area (Å²) in [7, 11) is 1.52. The van der Waals surface area contributed by atoms with Crippen molar-refractivity contribution < 1.29 is 18.8 Å². The van der Waals surface area contributed by atoms with Gasteiger partial charge in [-0.2, -0.15) is 0 Å². The molecule has 1 amide bonds. The number of hydrogen-bond acceptors (Lipinski definition) is 6. The lowest BCUT2D eigenvalue weighted by atomic mass is 10.2. The summed E-state index contributed by atoms with van der Waals surface area (Å²) in [5.41, 5.74) is 0.978. The molecule has 0 radical (unpaired) electrons. The first-order valence-electron chi connectivity index (χ1n) is 7.56. The number of imidazole rings is 1. The second-order valence-corrected chi connectivity index (χ2v) is 5.49. The zero-order valence-corrected chi connectivity index (χ0v) is 13.2. The van der Waals surface area contributed by atoms with Crippen LogP contribution in [0.2, 0.25) is 0 Å². The number of amides is 1. The maximum Gasteiger partial charge on any atom is 0.254 e. The minimum Gasteiger partial charge on any atom is -0.479 e. The molecule has 2 aromatic rings. The van der Waals surface area contributed by atoms with Gasteiger partial charge in [0.1, 0.15) is 17.7 Å². The molecular formula is C15H20N4O4. The molecule has 0 saturated carbocycles. The number of aryl methyl sites for hydroxylation is 2. The van der Waals surface area contributed by atoms with E-state index in [-0.39, 0.29) is 12.0 Å². The zero-order valence-electron chi connectivity index (χ0n) is 13.2. The molecule has 0 bridgehead atoms. The van der Waals surface area contributed by atoms with E-state index in [4.69, 9.17) is 14.0 Å². The smallest absolute Gasteiger partial charge is 0.254 e. The van der Waals surface area contributed by atoms with Crippen LogP contribution in [0.25, 0.3) is 0 Å². The number of nitrogens with one attached hydrogen (secondary N) is 1. The maximum atomic E-state index is 12.4. The van der Waals surface area contributed by atoms with E-state index in [1.807, 2.05) is 6.92 Å². The Hall–Kier alpha value is -2.35. The fourth-order valence-electron chi connectivity index (χ4n) is 2.53. The Balaban J connectivity index is 1.54. The van der Waals surface area contributed by atoms with E-state index >= 15 is 0 Å². The maximum absolute atomic E-state index is 12.4. The number of H-pyrrole nitrogens is 1. The van der Waals surface area contributed by atoms with Crippen LogP contribution in [-0.2, 0) is 16.0 Å². The zero-order chi connectivity index (χ0) is 16.2. The number of carbonyl (C=O) groups is 1. The fourth-order valence-corrected chi connectivity index (χ4v) is 2.53. The molecule has 8 heteroatoms. The first-order valence-corrected chi connectivity index (χ1v) is 7.56. The van der Waals surface area contributed by atoms with Gasteiger partial charge in [-0.3, -0.25) is 4.79 Å². The molecule has 3 rings (SSSR count). The predicted octanol–water partition coefficient (Wildman–Crippen LogP) is 1.25. The van der Waals surface area contributed by atoms with Gasteiger partial charge in [0.2, 0.25) is 5.91 Å². The van der Waals surface area contributed by atoms with Gasteiger partial charge in [0.15, 0.2) is 0 Å². The molecule has 0 unspecified atom stereocenters. The van der Waals surface area contributed by atoms with E-state index in [0.29, 0.717) is 44.2 Å². The largest absolute Gasteiger partial charge is 0.479 e. The van der Waals surface area contributed by atoms with E-state index < -0.39 is 0 Å². The first kappa shape index (κ1) is 15.5. The van der Waals surface area contributed by atoms with Crippen LogP contribution < -0.4 is 4.74 Å². The summed E-state index contributed by atoms with van der Waals surface area (Å²) < 4.78 is 15.8. The molecule has 0 spiro atoms. The van der Waals surface area contributed by atoms with Crippen molar-refractivity contribution in [1.29, 1.82) is 0 Å². The second kappa shape index (κ2) is 6.82. The van der Waals surface area contributed by atoms with Crippen molar-refractivity contribution >= 4 is 5.91 Å². The number of aromatic nitrogens is 3. The lowest BCUT2D eigenvalue weighted by Crippen LogP contribution is -2.42. The van der Waals surface area contributed by atoms with Crippen LogP contribution in [-0.4, -0.2) is 52.7 Å². The molecule has 23 heavy (non-hydrogen) atoms. The number of ether oxygens (including phenoxy) is 2. The third kappa shape index (κ3) is 3.70. The summed E-state index contributed by atoms with van der Waals surface area (Å²) in [6, 6.07) is 1.70. The number of carbonyl (C=O) groups excluding carboxylic acids is 1. The van der Waals surface area contributed by atoms with Crippen LogP contribution in [0, 0.1) is 6.92 Å². The summed E-state index contributed by atoms with van der Waals surface area (Å²) >= 11 is 0. The van der Waals surface area contributed by atoms with E-state index in [1.54, 1.807) is 17.2 Å². The van der Waals surface area contributed by atoms with Crippen molar-refractivity contribution in [2.24, 2.45) is 0 Å². The third-order valence-electron chi connectivity index (χ3n) is 3.78. The molecule has 124 valence electrons. The van der Waals surface area contributed by atoms with Crippen LogP contribution in [0.4, 0.5) is 0 Å². The molecule has 1 aliphatic rings. The van der Waals surface area contributed by atoms with E-state index in [1.165, 1.54) is 7.11 Å². The Morgan fingerprint density at radius 1 is 1.57 bits per heavy atom. The normalized spacial score (nSPS) is 18.2. The summed E-state index contributed by atoms with van der Waals surface area (Å²) in [6.07, 6.45) is 2.42. The molecule has 1 saturated heterocycles. The van der Waals surface area contributed by atoms with Crippen LogP contribution in [0.1, 0.15) is 29.8 Å². The lowest BCUT2D eigenvalue weighted by Gasteiger charge is -2.32. The molecule has 0 aromatic carbocycles. The monoisotopic (exact) mass is 320 g/mol. The summed E-state index contributed by atoms with van der Waals surface area (Å²) in [6.45, 7) is 3.54. The first-order chi connectivity index (χ1) is 11.2. The highest BCUT2D eigenvalue weighted by atomic mass is 16.5. The Morgan fingerprint density at radius 2 is 2.43 bits per heavy atom. The van der Waals surface area contributed by atoms with E-state index in [9.17, 15) is 4.79 Å². The average molecular weight is 320 g/mol. The van der Waals surface area contributed by atoms with Crippen LogP contribution in [0.3, 0.4) is 0 Å². The average Bonchev–Trinajstić information content (AvgIpc) is 3.21. The standard InChI is InChI=1S/C15H20N4O4/c1-10-8-16-15(17-10)12-9-19(5-6-22-12)14(20)4-3-11-7-13(21-2)18-23-11/h7-8,12H,3-6,9H2,1-2H3,(H,16,17)/t12-/m1/s1. The number of morpholine rings is 1. The van der Waals surface area contributed by atoms with Gasteiger partial charge in [0.25, 0.3) is 5.88 Å². The van der Waals surface area contributed by atoms with Gasteiger partial charge >= 0.3 is 0 Å². The summed E-state index contributed by atoms with van der Waals surface area (Å²) in [5.74, 6) is 1.89. The highest BCUT2D eigenvalue weighted by Gasteiger charge is 2.27. The number of methoxy groups -OCH3 is 1. The Kier molecular flexibility index (Phi) is 4.61. The fraction of sp³-hybridized carbons (Fsp3) is 0.533. The Morgan fingerprint density at radius 3 is 3.13 bits per heavy atom. The quantitative estimate of drug-likeness (QED) is 0.891. The van der Waals surface area contributed by atoms with Gasteiger partial charge in [-0.05, 0) is 12.1 Å². The van der Waals surface area contributed by atoms with Gasteiger partial charge in [0, 0.05) is 37.3 Å². The minimum absolute atomic E-state index is 0.0666. The molecular weight excluding hydrogens is 300 g/mol. The highest BCUT2D eigenvalue weighted by Crippen LogP contribution is 2.21. The van der Waals surface area contributed by atoms with Crippen molar-refractivity contribution in [2.75, 3.05) is 26.8 Å². The van der Waals surface area contributed by atoms with Crippen molar-refractivity contribution in [3.05, 3.63) is 29.5 Å². The molecule has 3 heterocycles. The third-order valence-corrected chi connectivity index (χ3v) is 3.78. The van der Waals surface area contributed by atoms with Gasteiger partial charge in [0.05, 0.1) is 20.3 Å². The van der Waals surface area contributed by atoms with E-state index in [2.05, 4.69) is 15.1 Å². The van der Waals surface area contributed by atoms with E-state index in [0.717, 1.165) is 11.5 Å². The molecule has 8 nitrogen and oxygen atoms in total. The van der Waals surface area contributed by atoms with Crippen molar-refractivity contribution in [3.8, 4) is 5.88 Å². The Bertz CT molecular complexity index is 666. The molecule has 0 aliphatic carbocycles. The van der Waals surface area contributed by atoms with Crippen molar-refractivity contribution in [2.45, 2.75) is 25.9 Å². The van der Waals surface area contributed by atoms with Gasteiger partial charge in [-0.15, -0.1) is 0 Å². The topological polar surface area (TPSA) is 93.5 Å². The molecule has 2 aromatic heterocycles. The van der Waals surface area contributed by atoms with Crippen LogP contribution >= 0.6 is 0 Å². The van der Waals surface area contributed by atoms with Crippen molar-refractivity contribution in [3.63, 3.8) is 0 Å². The lowest BCUT2D eigenvalue weighted by molar-refractivity contribution is -0.139. The second-order valence-electron chi connectivity index (χ2n) is 5.49. The highest BCUT2D eigenvalue weighted by molar-refractivity contribution is 5.76. The molecule has 1 atom stereocenters. The minimum atomic E-state index is -0.202. The molecule has 1 fully saturated rings. The van der Waals surface area contributed by atoms with Gasteiger partial charge in [-0.1, -0.05) is 0 Å². The SMILES string of the molecule is COc1cc(CCC(=O)N2CCO[C@@H](c3ncc(C)[nH]3)C2)on1. The Labute approximate surface area is 133 Å². The summed E-state index contributed by atoms with van der Waals surface area (Å²) in [5, 5.41) is 3.72. The van der Waals surface area contributed by atoms with Crippen LogP contribution in [0.15, 0.2) is 16.8 Å². The van der Waals surface area contributed by atoms with Gasteiger partial charge in [-0.25, -0.2) is 4.98 Å².